The average Bonchev–Trinajstić information content (AvgIpc) is 2.60. The molecule has 3 aromatic rings. The van der Waals surface area contributed by atoms with E-state index in [9.17, 15) is 0 Å². The van der Waals surface area contributed by atoms with E-state index in [4.69, 9.17) is 16.3 Å². The van der Waals surface area contributed by atoms with Gasteiger partial charge in [0.05, 0.1) is 12.1 Å². The molecule has 2 aromatic heterocycles. The van der Waals surface area contributed by atoms with Gasteiger partial charge in [0.1, 0.15) is 10.8 Å². The van der Waals surface area contributed by atoms with Crippen molar-refractivity contribution in [1.29, 1.82) is 0 Å². The molecule has 122 valence electrons. The van der Waals surface area contributed by atoms with Gasteiger partial charge in [0.15, 0.2) is 5.82 Å². The van der Waals surface area contributed by atoms with Crippen LogP contribution in [0.5, 0.6) is 5.75 Å². The topological polar surface area (TPSA) is 47.9 Å². The molecule has 0 aliphatic carbocycles. The lowest BCUT2D eigenvalue weighted by atomic mass is 10.2. The predicted octanol–water partition coefficient (Wildman–Crippen LogP) is 4.80. The number of ether oxygens (including phenoxy) is 1. The van der Waals surface area contributed by atoms with E-state index < -0.39 is 0 Å². The molecule has 0 radical (unpaired) electrons. The highest BCUT2D eigenvalue weighted by Crippen LogP contribution is 2.29. The lowest BCUT2D eigenvalue weighted by Crippen LogP contribution is -1.95. The summed E-state index contributed by atoms with van der Waals surface area (Å²) in [5, 5.41) is 1.54. The number of thioether (sulfide) groups is 1. The van der Waals surface area contributed by atoms with Crippen LogP contribution in [0.1, 0.15) is 11.3 Å². The standard InChI is InChI=1S/C18H16ClN3OS/c1-12-8-17(22-18(21-12)14-4-3-7-20-10-14)24-11-13-5-6-16(23-2)15(19)9-13/h3-10H,11H2,1-2H3. The molecule has 0 amide bonds. The maximum Gasteiger partial charge on any atom is 0.162 e. The number of aryl methyl sites for hydroxylation is 1. The first kappa shape index (κ1) is 16.7. The summed E-state index contributed by atoms with van der Waals surface area (Å²) in [6.45, 7) is 1.97. The predicted molar refractivity (Wildman–Crippen MR) is 97.6 cm³/mol. The molecule has 0 atom stereocenters. The van der Waals surface area contributed by atoms with E-state index in [1.54, 1.807) is 31.3 Å². The zero-order chi connectivity index (χ0) is 16.9. The Balaban J connectivity index is 1.78. The van der Waals surface area contributed by atoms with Crippen LogP contribution in [0.2, 0.25) is 5.02 Å². The van der Waals surface area contributed by atoms with Gasteiger partial charge < -0.3 is 4.74 Å². The Hall–Kier alpha value is -2.11. The molecule has 0 N–H and O–H groups in total. The summed E-state index contributed by atoms with van der Waals surface area (Å²) in [7, 11) is 1.61. The molecule has 1 aromatic carbocycles. The molecule has 0 fully saturated rings. The lowest BCUT2D eigenvalue weighted by Gasteiger charge is -2.07. The Kier molecular flexibility index (Phi) is 5.33. The molecular formula is C18H16ClN3OS. The number of benzene rings is 1. The largest absolute Gasteiger partial charge is 0.495 e. The first-order valence-electron chi connectivity index (χ1n) is 7.37. The molecule has 24 heavy (non-hydrogen) atoms. The fraction of sp³-hybridized carbons (Fsp3) is 0.167. The maximum absolute atomic E-state index is 6.17. The lowest BCUT2D eigenvalue weighted by molar-refractivity contribution is 0.415. The fourth-order valence-electron chi connectivity index (χ4n) is 2.19. The fourth-order valence-corrected chi connectivity index (χ4v) is 3.37. The summed E-state index contributed by atoms with van der Waals surface area (Å²) in [4.78, 5) is 13.2. The van der Waals surface area contributed by atoms with Gasteiger partial charge in [-0.3, -0.25) is 4.98 Å². The molecule has 2 heterocycles. The minimum absolute atomic E-state index is 0.616. The molecule has 6 heteroatoms. The number of methoxy groups -OCH3 is 1. The number of aromatic nitrogens is 3. The van der Waals surface area contributed by atoms with Crippen molar-refractivity contribution in [2.45, 2.75) is 17.7 Å². The van der Waals surface area contributed by atoms with Crippen molar-refractivity contribution in [2.75, 3.05) is 7.11 Å². The van der Waals surface area contributed by atoms with Gasteiger partial charge in [0.2, 0.25) is 0 Å². The maximum atomic E-state index is 6.17. The van der Waals surface area contributed by atoms with Crippen molar-refractivity contribution in [3.63, 3.8) is 0 Å². The van der Waals surface area contributed by atoms with Gasteiger partial charge in [-0.1, -0.05) is 17.7 Å². The van der Waals surface area contributed by atoms with Gasteiger partial charge in [0, 0.05) is 29.4 Å². The van der Waals surface area contributed by atoms with Crippen molar-refractivity contribution in [2.24, 2.45) is 0 Å². The second-order valence-corrected chi connectivity index (χ2v) is 6.57. The van der Waals surface area contributed by atoms with Crippen LogP contribution < -0.4 is 4.74 Å². The molecule has 0 saturated carbocycles. The number of halogens is 1. The summed E-state index contributed by atoms with van der Waals surface area (Å²) in [6.07, 6.45) is 3.51. The summed E-state index contributed by atoms with van der Waals surface area (Å²) in [6, 6.07) is 11.6. The normalized spacial score (nSPS) is 10.6. The molecule has 0 aliphatic rings. The smallest absolute Gasteiger partial charge is 0.162 e. The van der Waals surface area contributed by atoms with Crippen LogP contribution in [-0.4, -0.2) is 22.1 Å². The Bertz CT molecular complexity index is 843. The van der Waals surface area contributed by atoms with Crippen molar-refractivity contribution >= 4 is 23.4 Å². The number of rotatable bonds is 5. The van der Waals surface area contributed by atoms with Crippen molar-refractivity contribution in [1.82, 2.24) is 15.0 Å². The Morgan fingerprint density at radius 3 is 2.75 bits per heavy atom. The van der Waals surface area contributed by atoms with E-state index in [0.29, 0.717) is 16.6 Å². The SMILES string of the molecule is COc1ccc(CSc2cc(C)nc(-c3cccnc3)n2)cc1Cl. The van der Waals surface area contributed by atoms with Crippen LogP contribution in [0.15, 0.2) is 53.8 Å². The van der Waals surface area contributed by atoms with Gasteiger partial charge in [0.25, 0.3) is 0 Å². The van der Waals surface area contributed by atoms with E-state index >= 15 is 0 Å². The summed E-state index contributed by atoms with van der Waals surface area (Å²) < 4.78 is 5.18. The summed E-state index contributed by atoms with van der Waals surface area (Å²) >= 11 is 7.82. The van der Waals surface area contributed by atoms with Crippen LogP contribution in [-0.2, 0) is 5.75 Å². The van der Waals surface area contributed by atoms with Gasteiger partial charge in [-0.15, -0.1) is 11.8 Å². The quantitative estimate of drug-likeness (QED) is 0.484. The minimum atomic E-state index is 0.616. The molecule has 0 saturated heterocycles. The number of hydrogen-bond acceptors (Lipinski definition) is 5. The van der Waals surface area contributed by atoms with Crippen molar-refractivity contribution in [3.05, 3.63) is 65.1 Å². The van der Waals surface area contributed by atoms with Gasteiger partial charge >= 0.3 is 0 Å². The average molecular weight is 358 g/mol. The molecule has 3 rings (SSSR count). The van der Waals surface area contributed by atoms with E-state index in [-0.39, 0.29) is 0 Å². The summed E-state index contributed by atoms with van der Waals surface area (Å²) in [5.41, 5.74) is 2.96. The van der Waals surface area contributed by atoms with Crippen LogP contribution in [0.4, 0.5) is 0 Å². The molecule has 0 bridgehead atoms. The Labute approximate surface area is 150 Å². The molecule has 0 spiro atoms. The molecular weight excluding hydrogens is 342 g/mol. The summed E-state index contributed by atoms with van der Waals surface area (Å²) in [5.74, 6) is 2.15. The molecule has 4 nitrogen and oxygen atoms in total. The number of pyridine rings is 1. The Morgan fingerprint density at radius 2 is 2.04 bits per heavy atom. The van der Waals surface area contributed by atoms with Gasteiger partial charge in [-0.05, 0) is 42.8 Å². The number of nitrogens with zero attached hydrogens (tertiary/aromatic N) is 3. The van der Waals surface area contributed by atoms with E-state index in [1.165, 1.54) is 0 Å². The van der Waals surface area contributed by atoms with Crippen LogP contribution in [0.3, 0.4) is 0 Å². The monoisotopic (exact) mass is 357 g/mol. The van der Waals surface area contributed by atoms with Crippen LogP contribution in [0.25, 0.3) is 11.4 Å². The highest BCUT2D eigenvalue weighted by Gasteiger charge is 2.07. The van der Waals surface area contributed by atoms with E-state index in [0.717, 1.165) is 27.6 Å². The zero-order valence-electron chi connectivity index (χ0n) is 13.4. The first-order chi connectivity index (χ1) is 11.7. The van der Waals surface area contributed by atoms with Gasteiger partial charge in [-0.25, -0.2) is 9.97 Å². The van der Waals surface area contributed by atoms with Crippen molar-refractivity contribution in [3.8, 4) is 17.1 Å². The highest BCUT2D eigenvalue weighted by atomic mass is 35.5. The van der Waals surface area contributed by atoms with E-state index in [2.05, 4.69) is 15.0 Å². The van der Waals surface area contributed by atoms with E-state index in [1.807, 2.05) is 43.3 Å². The second kappa shape index (κ2) is 7.64. The third-order valence-corrected chi connectivity index (χ3v) is 4.63. The minimum Gasteiger partial charge on any atom is -0.495 e. The molecule has 0 unspecified atom stereocenters. The van der Waals surface area contributed by atoms with Gasteiger partial charge in [-0.2, -0.15) is 0 Å². The first-order valence-corrected chi connectivity index (χ1v) is 8.73. The zero-order valence-corrected chi connectivity index (χ0v) is 14.9. The number of hydrogen-bond donors (Lipinski definition) is 0. The third kappa shape index (κ3) is 4.04. The second-order valence-electron chi connectivity index (χ2n) is 5.17. The highest BCUT2D eigenvalue weighted by molar-refractivity contribution is 7.98. The Morgan fingerprint density at radius 1 is 1.17 bits per heavy atom. The van der Waals surface area contributed by atoms with Crippen molar-refractivity contribution < 1.29 is 4.74 Å². The third-order valence-electron chi connectivity index (χ3n) is 3.35. The van der Waals surface area contributed by atoms with Crippen LogP contribution >= 0.6 is 23.4 Å². The molecule has 0 aliphatic heterocycles. The van der Waals surface area contributed by atoms with Crippen LogP contribution in [0, 0.1) is 6.92 Å².